The fraction of sp³-hybridized carbons (Fsp3) is 0.167. The summed E-state index contributed by atoms with van der Waals surface area (Å²) in [5, 5.41) is 8.54. The second-order valence-electron chi connectivity index (χ2n) is 4.92. The molecule has 0 saturated heterocycles. The van der Waals surface area contributed by atoms with Gasteiger partial charge in [0, 0.05) is 6.08 Å². The van der Waals surface area contributed by atoms with E-state index in [-0.39, 0.29) is 23.7 Å². The van der Waals surface area contributed by atoms with Crippen LogP contribution in [-0.4, -0.2) is 24.4 Å². The van der Waals surface area contributed by atoms with Crippen LogP contribution < -0.4 is 9.47 Å². The summed E-state index contributed by atoms with van der Waals surface area (Å²) in [5.74, 6) is -0.896. The Kier molecular flexibility index (Phi) is 6.05. The highest BCUT2D eigenvalue weighted by molar-refractivity contribution is 5.85. The van der Waals surface area contributed by atoms with Gasteiger partial charge in [0.1, 0.15) is 24.8 Å². The summed E-state index contributed by atoms with van der Waals surface area (Å²) in [4.78, 5) is 10.4. The fourth-order valence-electron chi connectivity index (χ4n) is 1.92. The molecule has 132 valence electrons. The predicted molar refractivity (Wildman–Crippen MR) is 85.5 cm³/mol. The van der Waals surface area contributed by atoms with Crippen molar-refractivity contribution < 1.29 is 32.5 Å². The molecule has 2 aromatic rings. The van der Waals surface area contributed by atoms with Crippen LogP contribution in [-0.2, 0) is 10.9 Å². The molecule has 4 nitrogen and oxygen atoms in total. The second kappa shape index (κ2) is 8.23. The molecule has 0 spiro atoms. The topological polar surface area (TPSA) is 55.8 Å². The molecule has 1 N–H and O–H groups in total. The first kappa shape index (κ1) is 18.4. The molecular weight excluding hydrogens is 337 g/mol. The lowest BCUT2D eigenvalue weighted by molar-refractivity contribution is -0.185. The van der Waals surface area contributed by atoms with Crippen molar-refractivity contribution in [3.8, 4) is 11.5 Å². The zero-order valence-corrected chi connectivity index (χ0v) is 13.0. The number of aliphatic carboxylic acids is 1. The van der Waals surface area contributed by atoms with Crippen LogP contribution in [0.2, 0.25) is 0 Å². The molecule has 0 aliphatic carbocycles. The van der Waals surface area contributed by atoms with Gasteiger partial charge in [-0.1, -0.05) is 12.1 Å². The largest absolute Gasteiger partial charge is 0.491 e. The van der Waals surface area contributed by atoms with Crippen molar-refractivity contribution in [2.75, 3.05) is 13.3 Å². The van der Waals surface area contributed by atoms with E-state index < -0.39 is 18.8 Å². The lowest BCUT2D eigenvalue weighted by Gasteiger charge is -2.18. The molecule has 0 amide bonds. The van der Waals surface area contributed by atoms with Crippen molar-refractivity contribution in [1.29, 1.82) is 0 Å². The Bertz CT molecular complexity index is 725. The van der Waals surface area contributed by atoms with Gasteiger partial charge in [-0.05, 0) is 48.0 Å². The van der Waals surface area contributed by atoms with Crippen LogP contribution in [0.1, 0.15) is 11.1 Å². The van der Waals surface area contributed by atoms with Crippen LogP contribution in [0.5, 0.6) is 11.5 Å². The lowest BCUT2D eigenvalue weighted by atomic mass is 10.2. The SMILES string of the molecule is O=C(O)/C=C/c1ccc(OC(F)(F)c2ccc(OCCF)cc2)cc1. The Morgan fingerprint density at radius 3 is 2.20 bits per heavy atom. The quantitative estimate of drug-likeness (QED) is 0.721. The maximum absolute atomic E-state index is 14.2. The first-order chi connectivity index (χ1) is 11.9. The number of halogens is 3. The Hall–Kier alpha value is -2.96. The minimum atomic E-state index is -3.57. The zero-order valence-electron chi connectivity index (χ0n) is 13.0. The van der Waals surface area contributed by atoms with E-state index in [2.05, 4.69) is 0 Å². The number of benzene rings is 2. The van der Waals surface area contributed by atoms with E-state index >= 15 is 0 Å². The number of hydrogen-bond donors (Lipinski definition) is 1. The van der Waals surface area contributed by atoms with Gasteiger partial charge in [0.2, 0.25) is 0 Å². The normalized spacial score (nSPS) is 11.5. The highest BCUT2D eigenvalue weighted by atomic mass is 19.3. The number of carbonyl (C=O) groups is 1. The number of alkyl halides is 3. The molecule has 0 aliphatic rings. The average Bonchev–Trinajstić information content (AvgIpc) is 2.59. The Balaban J connectivity index is 2.05. The molecule has 25 heavy (non-hydrogen) atoms. The summed E-state index contributed by atoms with van der Waals surface area (Å²) >= 11 is 0. The second-order valence-corrected chi connectivity index (χ2v) is 4.92. The molecule has 2 rings (SSSR count). The van der Waals surface area contributed by atoms with Gasteiger partial charge in [0.05, 0.1) is 5.56 Å². The van der Waals surface area contributed by atoms with Gasteiger partial charge in [-0.25, -0.2) is 9.18 Å². The summed E-state index contributed by atoms with van der Waals surface area (Å²) in [5.41, 5.74) is 0.155. The molecule has 0 atom stereocenters. The molecule has 0 unspecified atom stereocenters. The molecule has 0 bridgehead atoms. The summed E-state index contributed by atoms with van der Waals surface area (Å²) < 4.78 is 50.0. The lowest BCUT2D eigenvalue weighted by Crippen LogP contribution is -2.21. The minimum Gasteiger partial charge on any atom is -0.491 e. The minimum absolute atomic E-state index is 0.0739. The molecule has 0 radical (unpaired) electrons. The Morgan fingerprint density at radius 1 is 1.04 bits per heavy atom. The van der Waals surface area contributed by atoms with Crippen molar-refractivity contribution in [2.24, 2.45) is 0 Å². The number of hydrogen-bond acceptors (Lipinski definition) is 3. The van der Waals surface area contributed by atoms with Gasteiger partial charge >= 0.3 is 12.1 Å². The molecular formula is C18H15F3O4. The van der Waals surface area contributed by atoms with E-state index in [1.807, 2.05) is 0 Å². The van der Waals surface area contributed by atoms with Gasteiger partial charge < -0.3 is 14.6 Å². The van der Waals surface area contributed by atoms with Gasteiger partial charge in [-0.2, -0.15) is 8.78 Å². The molecule has 7 heteroatoms. The van der Waals surface area contributed by atoms with Crippen LogP contribution in [0.3, 0.4) is 0 Å². The van der Waals surface area contributed by atoms with Crippen molar-refractivity contribution in [2.45, 2.75) is 6.11 Å². The number of ether oxygens (including phenoxy) is 2. The van der Waals surface area contributed by atoms with Crippen molar-refractivity contribution in [3.05, 3.63) is 65.7 Å². The fourth-order valence-corrected chi connectivity index (χ4v) is 1.92. The average molecular weight is 352 g/mol. The van der Waals surface area contributed by atoms with Crippen molar-refractivity contribution >= 4 is 12.0 Å². The Morgan fingerprint density at radius 2 is 1.64 bits per heavy atom. The van der Waals surface area contributed by atoms with Gasteiger partial charge in [0.25, 0.3) is 0 Å². The summed E-state index contributed by atoms with van der Waals surface area (Å²) in [6.07, 6.45) is -1.30. The van der Waals surface area contributed by atoms with Crippen LogP contribution >= 0.6 is 0 Å². The molecule has 0 aliphatic heterocycles. The third-order valence-electron chi connectivity index (χ3n) is 3.08. The first-order valence-corrected chi connectivity index (χ1v) is 7.28. The van der Waals surface area contributed by atoms with E-state index in [9.17, 15) is 18.0 Å². The maximum Gasteiger partial charge on any atom is 0.426 e. The molecule has 0 aromatic heterocycles. The first-order valence-electron chi connectivity index (χ1n) is 7.28. The third-order valence-corrected chi connectivity index (χ3v) is 3.08. The van der Waals surface area contributed by atoms with E-state index in [0.29, 0.717) is 5.56 Å². The van der Waals surface area contributed by atoms with Crippen LogP contribution in [0.25, 0.3) is 6.08 Å². The van der Waals surface area contributed by atoms with E-state index in [1.165, 1.54) is 42.5 Å². The van der Waals surface area contributed by atoms with Crippen LogP contribution in [0.15, 0.2) is 54.6 Å². The van der Waals surface area contributed by atoms with Crippen molar-refractivity contribution in [3.63, 3.8) is 0 Å². The monoisotopic (exact) mass is 352 g/mol. The summed E-state index contributed by atoms with van der Waals surface area (Å²) in [6, 6.07) is 10.4. The number of carboxylic acid groups (broad SMARTS) is 1. The van der Waals surface area contributed by atoms with E-state index in [1.54, 1.807) is 0 Å². The van der Waals surface area contributed by atoms with Crippen molar-refractivity contribution in [1.82, 2.24) is 0 Å². The molecule has 0 saturated carbocycles. The number of carboxylic acids is 1. The van der Waals surface area contributed by atoms with Gasteiger partial charge in [-0.15, -0.1) is 0 Å². The highest BCUT2D eigenvalue weighted by Crippen LogP contribution is 2.32. The maximum atomic E-state index is 14.2. The van der Waals surface area contributed by atoms with Gasteiger partial charge in [-0.3, -0.25) is 0 Å². The zero-order chi connectivity index (χ0) is 18.3. The number of rotatable bonds is 8. The molecule has 0 fully saturated rings. The smallest absolute Gasteiger partial charge is 0.426 e. The molecule has 0 heterocycles. The molecule has 2 aromatic carbocycles. The summed E-state index contributed by atoms with van der Waals surface area (Å²) in [7, 11) is 0. The van der Waals surface area contributed by atoms with Crippen LogP contribution in [0, 0.1) is 0 Å². The Labute approximate surface area is 142 Å². The highest BCUT2D eigenvalue weighted by Gasteiger charge is 2.34. The van der Waals surface area contributed by atoms with Crippen LogP contribution in [0.4, 0.5) is 13.2 Å². The standard InChI is InChI=1S/C18H15F3O4/c19-11-12-24-15-8-4-14(5-9-15)18(20,21)25-16-6-1-13(2-7-16)3-10-17(22)23/h1-10H,11-12H2,(H,22,23)/b10-3+. The third kappa shape index (κ3) is 5.56. The summed E-state index contributed by atoms with van der Waals surface area (Å²) in [6.45, 7) is -0.812. The van der Waals surface area contributed by atoms with Gasteiger partial charge in [0.15, 0.2) is 0 Å². The predicted octanol–water partition coefficient (Wildman–Crippen LogP) is 4.26. The van der Waals surface area contributed by atoms with E-state index in [4.69, 9.17) is 14.6 Å². The van der Waals surface area contributed by atoms with E-state index in [0.717, 1.165) is 18.2 Å².